The van der Waals surface area contributed by atoms with Crippen molar-refractivity contribution in [2.24, 2.45) is 0 Å². The van der Waals surface area contributed by atoms with E-state index in [0.29, 0.717) is 18.1 Å². The normalized spacial score (nSPS) is 22.8. The summed E-state index contributed by atoms with van der Waals surface area (Å²) in [6.45, 7) is 7.47. The van der Waals surface area contributed by atoms with Gasteiger partial charge in [0.1, 0.15) is 0 Å². The summed E-state index contributed by atoms with van der Waals surface area (Å²) in [6, 6.07) is 0. The summed E-state index contributed by atoms with van der Waals surface area (Å²) in [4.78, 5) is 11.1. The van der Waals surface area contributed by atoms with Gasteiger partial charge in [0.25, 0.3) is 5.88 Å². The first-order chi connectivity index (χ1) is 11.7. The Balaban J connectivity index is 1.48. The first-order valence-corrected chi connectivity index (χ1v) is 9.18. The molecular weight excluding hydrogens is 306 g/mol. The summed E-state index contributed by atoms with van der Waals surface area (Å²) in [5.74, 6) is 1.47. The molecule has 3 heterocycles. The molecule has 3 rings (SSSR count). The molecule has 0 bridgehead atoms. The van der Waals surface area contributed by atoms with Crippen LogP contribution in [0.1, 0.15) is 46.0 Å². The molecule has 24 heavy (non-hydrogen) atoms. The van der Waals surface area contributed by atoms with Gasteiger partial charge in [-0.2, -0.15) is 0 Å². The summed E-state index contributed by atoms with van der Waals surface area (Å²) in [5, 5.41) is 0. The zero-order valence-electron chi connectivity index (χ0n) is 14.8. The summed E-state index contributed by atoms with van der Waals surface area (Å²) in [7, 11) is 0. The largest absolute Gasteiger partial charge is 0.472 e. The van der Waals surface area contributed by atoms with Crippen molar-refractivity contribution in [2.75, 3.05) is 31.2 Å². The Morgan fingerprint density at radius 1 is 1.17 bits per heavy atom. The molecule has 0 aliphatic carbocycles. The lowest BCUT2D eigenvalue weighted by Gasteiger charge is -2.34. The SMILES string of the molecule is CC(C)Oc1nccnc1N1CCC(OCC2CCCCO2)CC1. The van der Waals surface area contributed by atoms with E-state index in [2.05, 4.69) is 14.9 Å². The molecule has 134 valence electrons. The van der Waals surface area contributed by atoms with Gasteiger partial charge >= 0.3 is 0 Å². The zero-order valence-corrected chi connectivity index (χ0v) is 14.8. The number of hydrogen-bond acceptors (Lipinski definition) is 6. The monoisotopic (exact) mass is 335 g/mol. The third-order valence-corrected chi connectivity index (χ3v) is 4.53. The van der Waals surface area contributed by atoms with E-state index in [-0.39, 0.29) is 6.10 Å². The van der Waals surface area contributed by atoms with E-state index >= 15 is 0 Å². The fourth-order valence-corrected chi connectivity index (χ4v) is 3.26. The standard InChI is InChI=1S/C18H29N3O3/c1-14(2)24-18-17(19-8-9-20-18)21-10-6-15(7-11-21)23-13-16-5-3-4-12-22-16/h8-9,14-16H,3-7,10-13H2,1-2H3. The van der Waals surface area contributed by atoms with Crippen LogP contribution in [0.4, 0.5) is 5.82 Å². The molecule has 0 aromatic carbocycles. The summed E-state index contributed by atoms with van der Waals surface area (Å²) >= 11 is 0. The van der Waals surface area contributed by atoms with Gasteiger partial charge in [0.2, 0.25) is 0 Å². The molecule has 0 N–H and O–H groups in total. The van der Waals surface area contributed by atoms with Crippen molar-refractivity contribution < 1.29 is 14.2 Å². The fourth-order valence-electron chi connectivity index (χ4n) is 3.26. The fraction of sp³-hybridized carbons (Fsp3) is 0.778. The minimum atomic E-state index is 0.0943. The van der Waals surface area contributed by atoms with Crippen LogP contribution in [0.15, 0.2) is 12.4 Å². The van der Waals surface area contributed by atoms with Crippen LogP contribution in [0.5, 0.6) is 5.88 Å². The van der Waals surface area contributed by atoms with Crippen LogP contribution in [0.3, 0.4) is 0 Å². The maximum atomic E-state index is 6.08. The molecule has 0 radical (unpaired) electrons. The molecule has 1 unspecified atom stereocenters. The Morgan fingerprint density at radius 3 is 2.67 bits per heavy atom. The van der Waals surface area contributed by atoms with Crippen LogP contribution in [0, 0.1) is 0 Å². The topological polar surface area (TPSA) is 56.7 Å². The summed E-state index contributed by atoms with van der Waals surface area (Å²) in [6.07, 6.45) is 9.71. The summed E-state index contributed by atoms with van der Waals surface area (Å²) < 4.78 is 17.6. The average molecular weight is 335 g/mol. The van der Waals surface area contributed by atoms with Crippen molar-refractivity contribution in [1.82, 2.24) is 9.97 Å². The van der Waals surface area contributed by atoms with E-state index in [1.54, 1.807) is 12.4 Å². The van der Waals surface area contributed by atoms with Crippen molar-refractivity contribution >= 4 is 5.82 Å². The second-order valence-electron chi connectivity index (χ2n) is 6.86. The Kier molecular flexibility index (Phi) is 6.26. The van der Waals surface area contributed by atoms with Crippen LogP contribution in [0.2, 0.25) is 0 Å². The van der Waals surface area contributed by atoms with Gasteiger partial charge in [-0.3, -0.25) is 0 Å². The lowest BCUT2D eigenvalue weighted by Crippen LogP contribution is -2.39. The van der Waals surface area contributed by atoms with Crippen molar-refractivity contribution in [3.8, 4) is 5.88 Å². The highest BCUT2D eigenvalue weighted by molar-refractivity contribution is 5.48. The average Bonchev–Trinajstić information content (AvgIpc) is 2.61. The quantitative estimate of drug-likeness (QED) is 0.797. The van der Waals surface area contributed by atoms with E-state index in [0.717, 1.165) is 51.4 Å². The highest BCUT2D eigenvalue weighted by Gasteiger charge is 2.25. The van der Waals surface area contributed by atoms with E-state index < -0.39 is 0 Å². The van der Waals surface area contributed by atoms with E-state index in [4.69, 9.17) is 14.2 Å². The van der Waals surface area contributed by atoms with Gasteiger partial charge in [0, 0.05) is 32.1 Å². The van der Waals surface area contributed by atoms with Gasteiger partial charge in [-0.25, -0.2) is 9.97 Å². The molecule has 2 aliphatic heterocycles. The first-order valence-electron chi connectivity index (χ1n) is 9.18. The molecule has 1 aromatic heterocycles. The second kappa shape index (κ2) is 8.62. The number of ether oxygens (including phenoxy) is 3. The second-order valence-corrected chi connectivity index (χ2v) is 6.86. The van der Waals surface area contributed by atoms with Crippen LogP contribution in [0.25, 0.3) is 0 Å². The molecule has 2 saturated heterocycles. The first kappa shape index (κ1) is 17.4. The predicted octanol–water partition coefficient (Wildman–Crippen LogP) is 2.82. The van der Waals surface area contributed by atoms with Gasteiger partial charge in [-0.1, -0.05) is 0 Å². The van der Waals surface area contributed by atoms with Crippen LogP contribution < -0.4 is 9.64 Å². The number of hydrogen-bond donors (Lipinski definition) is 0. The minimum Gasteiger partial charge on any atom is -0.472 e. The molecule has 0 spiro atoms. The molecule has 2 fully saturated rings. The molecule has 1 atom stereocenters. The number of rotatable bonds is 6. The van der Waals surface area contributed by atoms with Gasteiger partial charge in [0.15, 0.2) is 5.82 Å². The highest BCUT2D eigenvalue weighted by atomic mass is 16.5. The predicted molar refractivity (Wildman–Crippen MR) is 92.6 cm³/mol. The lowest BCUT2D eigenvalue weighted by molar-refractivity contribution is -0.0672. The molecular formula is C18H29N3O3. The van der Waals surface area contributed by atoms with Gasteiger partial charge in [0.05, 0.1) is 24.9 Å². The molecule has 2 aliphatic rings. The Morgan fingerprint density at radius 2 is 1.96 bits per heavy atom. The third-order valence-electron chi connectivity index (χ3n) is 4.53. The molecule has 0 amide bonds. The molecule has 0 saturated carbocycles. The smallest absolute Gasteiger partial charge is 0.257 e. The third kappa shape index (κ3) is 4.80. The van der Waals surface area contributed by atoms with Gasteiger partial charge < -0.3 is 19.1 Å². The maximum absolute atomic E-state index is 6.08. The number of aromatic nitrogens is 2. The van der Waals surface area contributed by atoms with E-state index in [9.17, 15) is 0 Å². The van der Waals surface area contributed by atoms with E-state index in [1.165, 1.54) is 12.8 Å². The molecule has 6 heteroatoms. The molecule has 6 nitrogen and oxygen atoms in total. The number of nitrogens with zero attached hydrogens (tertiary/aromatic N) is 3. The zero-order chi connectivity index (χ0) is 16.8. The summed E-state index contributed by atoms with van der Waals surface area (Å²) in [5.41, 5.74) is 0. The molecule has 1 aromatic rings. The lowest BCUT2D eigenvalue weighted by atomic mass is 10.1. The van der Waals surface area contributed by atoms with Crippen molar-refractivity contribution in [1.29, 1.82) is 0 Å². The Labute approximate surface area is 144 Å². The van der Waals surface area contributed by atoms with Crippen molar-refractivity contribution in [3.63, 3.8) is 0 Å². The Hall–Kier alpha value is -1.40. The number of piperidine rings is 1. The van der Waals surface area contributed by atoms with Crippen LogP contribution in [-0.4, -0.2) is 54.6 Å². The maximum Gasteiger partial charge on any atom is 0.257 e. The highest BCUT2D eigenvalue weighted by Crippen LogP contribution is 2.27. The van der Waals surface area contributed by atoms with Gasteiger partial charge in [-0.15, -0.1) is 0 Å². The van der Waals surface area contributed by atoms with Crippen LogP contribution >= 0.6 is 0 Å². The number of anilines is 1. The Bertz CT molecular complexity index is 498. The van der Waals surface area contributed by atoms with Crippen LogP contribution in [-0.2, 0) is 9.47 Å². The van der Waals surface area contributed by atoms with Crippen molar-refractivity contribution in [2.45, 2.75) is 64.3 Å². The van der Waals surface area contributed by atoms with Gasteiger partial charge in [-0.05, 0) is 46.0 Å². The van der Waals surface area contributed by atoms with Crippen molar-refractivity contribution in [3.05, 3.63) is 12.4 Å². The minimum absolute atomic E-state index is 0.0943. The van der Waals surface area contributed by atoms with E-state index in [1.807, 2.05) is 13.8 Å².